The number of amides is 3. The van der Waals surface area contributed by atoms with E-state index in [4.69, 9.17) is 11.6 Å². The minimum atomic E-state index is -0.408. The van der Waals surface area contributed by atoms with Crippen molar-refractivity contribution < 1.29 is 9.59 Å². The van der Waals surface area contributed by atoms with Gasteiger partial charge in [-0.1, -0.05) is 31.4 Å². The van der Waals surface area contributed by atoms with E-state index in [0.29, 0.717) is 25.2 Å². The number of nitrogens with one attached hydrogen (secondary N) is 1. The van der Waals surface area contributed by atoms with Crippen molar-refractivity contribution in [2.45, 2.75) is 32.2 Å². The van der Waals surface area contributed by atoms with E-state index in [-0.39, 0.29) is 17.1 Å². The van der Waals surface area contributed by atoms with Crippen molar-refractivity contribution in [1.82, 2.24) is 14.8 Å². The van der Waals surface area contributed by atoms with Crippen molar-refractivity contribution in [2.24, 2.45) is 0 Å². The summed E-state index contributed by atoms with van der Waals surface area (Å²) in [5.41, 5.74) is 0.454. The van der Waals surface area contributed by atoms with E-state index in [0.717, 1.165) is 12.8 Å². The molecule has 0 aliphatic carbocycles. The van der Waals surface area contributed by atoms with Gasteiger partial charge in [-0.05, 0) is 18.6 Å². The van der Waals surface area contributed by atoms with Gasteiger partial charge < -0.3 is 15.1 Å². The normalized spacial score (nSPS) is 18.5. The number of unbranched alkanes of at least 4 members (excludes halogenated alkanes) is 1. The highest BCUT2D eigenvalue weighted by molar-refractivity contribution is 6.32. The molecule has 2 heterocycles. The molecule has 1 aromatic rings. The Balaban J connectivity index is 2.11. The van der Waals surface area contributed by atoms with Crippen LogP contribution in [-0.4, -0.2) is 52.9 Å². The number of nitrogens with zero attached hydrogens (tertiary/aromatic N) is 3. The number of halogens is 1. The van der Waals surface area contributed by atoms with Crippen LogP contribution in [0.1, 0.15) is 26.2 Å². The van der Waals surface area contributed by atoms with Gasteiger partial charge in [0.1, 0.15) is 6.04 Å². The van der Waals surface area contributed by atoms with Crippen LogP contribution in [0.2, 0.25) is 5.15 Å². The Morgan fingerprint density at radius 2 is 2.27 bits per heavy atom. The molecule has 7 heteroatoms. The molecule has 1 atom stereocenters. The van der Waals surface area contributed by atoms with E-state index < -0.39 is 6.04 Å². The zero-order valence-electron chi connectivity index (χ0n) is 12.9. The summed E-state index contributed by atoms with van der Waals surface area (Å²) in [5.74, 6) is -0.00728. The molecule has 1 aliphatic rings. The number of aromatic nitrogens is 1. The second-order valence-electron chi connectivity index (χ2n) is 5.38. The predicted octanol–water partition coefficient (Wildman–Crippen LogP) is 2.60. The lowest BCUT2D eigenvalue weighted by Gasteiger charge is -2.39. The van der Waals surface area contributed by atoms with Crippen molar-refractivity contribution >= 4 is 29.2 Å². The van der Waals surface area contributed by atoms with E-state index in [1.807, 2.05) is 0 Å². The molecule has 1 aromatic heterocycles. The number of hydrogen-bond acceptors (Lipinski definition) is 3. The van der Waals surface area contributed by atoms with Crippen LogP contribution in [0.3, 0.4) is 0 Å². The molecule has 1 saturated heterocycles. The fourth-order valence-electron chi connectivity index (χ4n) is 2.50. The first-order valence-electron chi connectivity index (χ1n) is 7.47. The monoisotopic (exact) mass is 324 g/mol. The molecule has 0 unspecified atom stereocenters. The lowest BCUT2D eigenvalue weighted by atomic mass is 10.0. The third-order valence-corrected chi connectivity index (χ3v) is 4.11. The molecular weight excluding hydrogens is 304 g/mol. The fourth-order valence-corrected chi connectivity index (χ4v) is 2.66. The Morgan fingerprint density at radius 1 is 1.50 bits per heavy atom. The summed E-state index contributed by atoms with van der Waals surface area (Å²) in [7, 11) is 1.77. The lowest BCUT2D eigenvalue weighted by molar-refractivity contribution is -0.138. The average Bonchev–Trinajstić information content (AvgIpc) is 2.51. The molecule has 0 spiro atoms. The van der Waals surface area contributed by atoms with Gasteiger partial charge in [-0.15, -0.1) is 0 Å². The van der Waals surface area contributed by atoms with E-state index in [9.17, 15) is 9.59 Å². The van der Waals surface area contributed by atoms with Crippen molar-refractivity contribution in [2.75, 3.05) is 25.5 Å². The number of rotatable bonds is 4. The van der Waals surface area contributed by atoms with E-state index >= 15 is 0 Å². The van der Waals surface area contributed by atoms with Crippen LogP contribution in [0.4, 0.5) is 10.5 Å². The van der Waals surface area contributed by atoms with Crippen LogP contribution in [0.15, 0.2) is 18.3 Å². The molecule has 0 saturated carbocycles. The Labute approximate surface area is 135 Å². The summed E-state index contributed by atoms with van der Waals surface area (Å²) in [5, 5.41) is 2.98. The maximum atomic E-state index is 12.5. The molecule has 2 rings (SSSR count). The van der Waals surface area contributed by atoms with Crippen LogP contribution < -0.4 is 5.32 Å². The summed E-state index contributed by atoms with van der Waals surface area (Å²) in [6.07, 6.45) is 4.12. The zero-order chi connectivity index (χ0) is 16.1. The van der Waals surface area contributed by atoms with Crippen LogP contribution >= 0.6 is 11.6 Å². The number of carbonyl (C=O) groups is 2. The molecule has 22 heavy (non-hydrogen) atoms. The summed E-state index contributed by atoms with van der Waals surface area (Å²) in [4.78, 5) is 32.0. The number of pyridine rings is 1. The molecule has 3 amide bonds. The number of urea groups is 1. The lowest BCUT2D eigenvalue weighted by Crippen LogP contribution is -2.58. The second-order valence-corrected chi connectivity index (χ2v) is 5.74. The Bertz CT molecular complexity index is 552. The molecule has 1 N–H and O–H groups in total. The van der Waals surface area contributed by atoms with Gasteiger partial charge in [0.25, 0.3) is 0 Å². The Hall–Kier alpha value is -1.82. The van der Waals surface area contributed by atoms with Crippen molar-refractivity contribution in [3.63, 3.8) is 0 Å². The molecule has 6 nitrogen and oxygen atoms in total. The van der Waals surface area contributed by atoms with Crippen LogP contribution in [0.25, 0.3) is 0 Å². The van der Waals surface area contributed by atoms with Gasteiger partial charge in [-0.3, -0.25) is 4.79 Å². The first-order chi connectivity index (χ1) is 10.5. The first-order valence-corrected chi connectivity index (χ1v) is 7.85. The largest absolute Gasteiger partial charge is 0.342 e. The van der Waals surface area contributed by atoms with Gasteiger partial charge in [-0.25, -0.2) is 9.78 Å². The molecular formula is C15H21ClN4O2. The maximum absolute atomic E-state index is 12.5. The summed E-state index contributed by atoms with van der Waals surface area (Å²) in [6.45, 7) is 3.12. The average molecular weight is 325 g/mol. The highest BCUT2D eigenvalue weighted by Gasteiger charge is 2.35. The second kappa shape index (κ2) is 7.45. The summed E-state index contributed by atoms with van der Waals surface area (Å²) in [6, 6.07) is 2.67. The van der Waals surface area contributed by atoms with Gasteiger partial charge in [0.15, 0.2) is 5.15 Å². The number of carbonyl (C=O) groups excluding carboxylic acids is 2. The highest BCUT2D eigenvalue weighted by atomic mass is 35.5. The smallest absolute Gasteiger partial charge is 0.322 e. The molecule has 1 fully saturated rings. The Kier molecular flexibility index (Phi) is 5.60. The van der Waals surface area contributed by atoms with E-state index in [2.05, 4.69) is 17.2 Å². The zero-order valence-corrected chi connectivity index (χ0v) is 13.6. The highest BCUT2D eigenvalue weighted by Crippen LogP contribution is 2.21. The molecule has 0 aromatic carbocycles. The maximum Gasteiger partial charge on any atom is 0.322 e. The van der Waals surface area contributed by atoms with Crippen molar-refractivity contribution in [3.05, 3.63) is 23.5 Å². The van der Waals surface area contributed by atoms with Crippen LogP contribution in [0, 0.1) is 0 Å². The standard InChI is InChI=1S/C15H21ClN4O2/c1-3-4-7-12-14(21)19(2)9-10-20(12)15(22)18-11-6-5-8-17-13(11)16/h5-6,8,12H,3-4,7,9-10H2,1-2H3,(H,18,22)/t12-/m1/s1. The van der Waals surface area contributed by atoms with Gasteiger partial charge in [0.05, 0.1) is 5.69 Å². The minimum Gasteiger partial charge on any atom is -0.342 e. The Morgan fingerprint density at radius 3 is 2.95 bits per heavy atom. The van der Waals surface area contributed by atoms with Gasteiger partial charge in [-0.2, -0.15) is 0 Å². The minimum absolute atomic E-state index is 0.00728. The number of hydrogen-bond donors (Lipinski definition) is 1. The van der Waals surface area contributed by atoms with Crippen molar-refractivity contribution in [3.8, 4) is 0 Å². The fraction of sp³-hybridized carbons (Fsp3) is 0.533. The van der Waals surface area contributed by atoms with E-state index in [1.54, 1.807) is 35.2 Å². The third-order valence-electron chi connectivity index (χ3n) is 3.81. The van der Waals surface area contributed by atoms with Gasteiger partial charge in [0, 0.05) is 26.3 Å². The molecule has 1 aliphatic heterocycles. The third kappa shape index (κ3) is 3.68. The van der Waals surface area contributed by atoms with Crippen LogP contribution in [0.5, 0.6) is 0 Å². The van der Waals surface area contributed by atoms with Crippen molar-refractivity contribution in [1.29, 1.82) is 0 Å². The molecule has 0 radical (unpaired) electrons. The topological polar surface area (TPSA) is 65.5 Å². The van der Waals surface area contributed by atoms with Gasteiger partial charge in [0.2, 0.25) is 5.91 Å². The van der Waals surface area contributed by atoms with Gasteiger partial charge >= 0.3 is 6.03 Å². The predicted molar refractivity (Wildman–Crippen MR) is 85.9 cm³/mol. The summed E-state index contributed by atoms with van der Waals surface area (Å²) < 4.78 is 0. The summed E-state index contributed by atoms with van der Waals surface area (Å²) >= 11 is 5.96. The SMILES string of the molecule is CCCC[C@@H]1C(=O)N(C)CCN1C(=O)Nc1cccnc1Cl. The van der Waals surface area contributed by atoms with Crippen LogP contribution in [-0.2, 0) is 4.79 Å². The molecule has 0 bridgehead atoms. The quantitative estimate of drug-likeness (QED) is 0.866. The van der Waals surface area contributed by atoms with E-state index in [1.165, 1.54) is 0 Å². The number of likely N-dealkylation sites (N-methyl/N-ethyl adjacent to an activating group) is 1. The number of piperazine rings is 1. The first kappa shape index (κ1) is 16.5. The number of anilines is 1. The molecule has 120 valence electrons.